The monoisotopic (exact) mass is 236 g/mol. The maximum Gasteiger partial charge on any atom is 0.122 e. The third-order valence-corrected chi connectivity index (χ3v) is 2.88. The van der Waals surface area contributed by atoms with Crippen molar-refractivity contribution in [2.45, 2.75) is 26.3 Å². The van der Waals surface area contributed by atoms with Gasteiger partial charge in [-0.3, -0.25) is 0 Å². The first-order valence-electron chi connectivity index (χ1n) is 6.14. The normalized spacial score (nSPS) is 11.2. The Bertz CT molecular complexity index is 350. The van der Waals surface area contributed by atoms with Crippen molar-refractivity contribution in [1.29, 1.82) is 0 Å². The largest absolute Gasteiger partial charge is 0.496 e. The molecule has 0 amide bonds. The van der Waals surface area contributed by atoms with Crippen molar-refractivity contribution in [3.8, 4) is 5.75 Å². The smallest absolute Gasteiger partial charge is 0.122 e. The van der Waals surface area contributed by atoms with Gasteiger partial charge in [-0.25, -0.2) is 0 Å². The number of ether oxygens (including phenoxy) is 1. The van der Waals surface area contributed by atoms with Gasteiger partial charge in [0.15, 0.2) is 0 Å². The highest BCUT2D eigenvalue weighted by atomic mass is 16.5. The van der Waals surface area contributed by atoms with Crippen molar-refractivity contribution in [2.75, 3.05) is 27.2 Å². The lowest BCUT2D eigenvalue weighted by molar-refractivity contribution is 0.335. The molecule has 0 unspecified atom stereocenters. The number of benzene rings is 1. The Hall–Kier alpha value is -1.06. The topological polar surface area (TPSA) is 38.5 Å². The molecule has 0 aliphatic rings. The van der Waals surface area contributed by atoms with E-state index >= 15 is 0 Å². The first-order valence-corrected chi connectivity index (χ1v) is 6.14. The van der Waals surface area contributed by atoms with Gasteiger partial charge in [0.1, 0.15) is 5.75 Å². The average molecular weight is 236 g/mol. The number of methoxy groups -OCH3 is 1. The molecule has 0 aliphatic heterocycles. The first kappa shape index (κ1) is 14.0. The minimum absolute atomic E-state index is 0.477. The van der Waals surface area contributed by atoms with Crippen LogP contribution >= 0.6 is 0 Å². The molecule has 0 saturated heterocycles. The van der Waals surface area contributed by atoms with Crippen LogP contribution in [0.1, 0.15) is 30.9 Å². The number of nitrogens with two attached hydrogens (primary N) is 1. The van der Waals surface area contributed by atoms with Gasteiger partial charge in [0, 0.05) is 19.6 Å². The van der Waals surface area contributed by atoms with E-state index in [4.69, 9.17) is 10.5 Å². The fourth-order valence-corrected chi connectivity index (χ4v) is 1.94. The summed E-state index contributed by atoms with van der Waals surface area (Å²) in [6.07, 6.45) is 0. The first-order chi connectivity index (χ1) is 8.08. The Morgan fingerprint density at radius 2 is 2.06 bits per heavy atom. The van der Waals surface area contributed by atoms with E-state index in [0.717, 1.165) is 18.8 Å². The quantitative estimate of drug-likeness (QED) is 0.823. The van der Waals surface area contributed by atoms with Crippen molar-refractivity contribution in [3.05, 3.63) is 29.3 Å². The number of hydrogen-bond acceptors (Lipinski definition) is 3. The zero-order valence-electron chi connectivity index (χ0n) is 11.4. The van der Waals surface area contributed by atoms with Crippen LogP contribution in [0.2, 0.25) is 0 Å². The summed E-state index contributed by atoms with van der Waals surface area (Å²) in [7, 11) is 3.81. The fourth-order valence-electron chi connectivity index (χ4n) is 1.94. The molecule has 1 rings (SSSR count). The molecule has 1 aromatic carbocycles. The zero-order chi connectivity index (χ0) is 12.8. The van der Waals surface area contributed by atoms with Crippen LogP contribution < -0.4 is 10.5 Å². The second-order valence-corrected chi connectivity index (χ2v) is 4.76. The molecular weight excluding hydrogens is 212 g/mol. The summed E-state index contributed by atoms with van der Waals surface area (Å²) in [6, 6.07) is 6.41. The number of likely N-dealkylation sites (N-methyl/N-ethyl adjacent to an activating group) is 1. The Morgan fingerprint density at radius 3 is 2.59 bits per heavy atom. The van der Waals surface area contributed by atoms with Crippen molar-refractivity contribution in [1.82, 2.24) is 4.90 Å². The van der Waals surface area contributed by atoms with Gasteiger partial charge in [0.2, 0.25) is 0 Å². The van der Waals surface area contributed by atoms with E-state index in [1.54, 1.807) is 7.11 Å². The molecule has 2 N–H and O–H groups in total. The van der Waals surface area contributed by atoms with Gasteiger partial charge in [-0.05, 0) is 30.2 Å². The molecule has 0 fully saturated rings. The summed E-state index contributed by atoms with van der Waals surface area (Å²) >= 11 is 0. The standard InChI is InChI=1S/C14H24N2O/c1-11(2)13-9-12(5-6-14(13)17-4)10-16(3)8-7-15/h5-6,9,11H,7-8,10,15H2,1-4H3. The highest BCUT2D eigenvalue weighted by molar-refractivity contribution is 5.39. The molecule has 0 atom stereocenters. The second kappa shape index (κ2) is 6.62. The van der Waals surface area contributed by atoms with Crippen LogP contribution in [0.4, 0.5) is 0 Å². The fraction of sp³-hybridized carbons (Fsp3) is 0.571. The lowest BCUT2D eigenvalue weighted by Crippen LogP contribution is -2.25. The highest BCUT2D eigenvalue weighted by Gasteiger charge is 2.09. The Balaban J connectivity index is 2.84. The minimum atomic E-state index is 0.477. The summed E-state index contributed by atoms with van der Waals surface area (Å²) in [4.78, 5) is 2.23. The van der Waals surface area contributed by atoms with Crippen LogP contribution in [0.25, 0.3) is 0 Å². The predicted octanol–water partition coefficient (Wildman–Crippen LogP) is 2.21. The minimum Gasteiger partial charge on any atom is -0.496 e. The second-order valence-electron chi connectivity index (χ2n) is 4.76. The van der Waals surface area contributed by atoms with E-state index in [1.807, 2.05) is 0 Å². The summed E-state index contributed by atoms with van der Waals surface area (Å²) in [5, 5.41) is 0. The molecule has 3 heteroatoms. The zero-order valence-corrected chi connectivity index (χ0v) is 11.4. The van der Waals surface area contributed by atoms with Gasteiger partial charge in [-0.1, -0.05) is 26.0 Å². The molecule has 0 aliphatic carbocycles. The number of rotatable bonds is 6. The van der Waals surface area contributed by atoms with Crippen molar-refractivity contribution >= 4 is 0 Å². The van der Waals surface area contributed by atoms with Crippen LogP contribution in [0.15, 0.2) is 18.2 Å². The molecule has 0 aromatic heterocycles. The van der Waals surface area contributed by atoms with Gasteiger partial charge < -0.3 is 15.4 Å². The lowest BCUT2D eigenvalue weighted by atomic mass is 9.99. The lowest BCUT2D eigenvalue weighted by Gasteiger charge is -2.18. The Labute approximate surface area is 105 Å². The van der Waals surface area contributed by atoms with Crippen LogP contribution in [0, 0.1) is 0 Å². The third kappa shape index (κ3) is 4.02. The Kier molecular flexibility index (Phi) is 5.45. The average Bonchev–Trinajstić information content (AvgIpc) is 2.29. The van der Waals surface area contributed by atoms with Crippen LogP contribution in [-0.4, -0.2) is 32.1 Å². The van der Waals surface area contributed by atoms with E-state index in [2.05, 4.69) is 44.0 Å². The molecule has 96 valence electrons. The van der Waals surface area contributed by atoms with E-state index in [1.165, 1.54) is 11.1 Å². The SMILES string of the molecule is COc1ccc(CN(C)CCN)cc1C(C)C. The van der Waals surface area contributed by atoms with Gasteiger partial charge in [0.25, 0.3) is 0 Å². The third-order valence-electron chi connectivity index (χ3n) is 2.88. The van der Waals surface area contributed by atoms with Gasteiger partial charge >= 0.3 is 0 Å². The number of nitrogens with zero attached hydrogens (tertiary/aromatic N) is 1. The molecule has 0 spiro atoms. The van der Waals surface area contributed by atoms with Crippen molar-refractivity contribution in [3.63, 3.8) is 0 Å². The summed E-state index contributed by atoms with van der Waals surface area (Å²) in [6.45, 7) is 6.92. The van der Waals surface area contributed by atoms with Gasteiger partial charge in [0.05, 0.1) is 7.11 Å². The predicted molar refractivity (Wildman–Crippen MR) is 72.5 cm³/mol. The molecule has 0 radical (unpaired) electrons. The van der Waals surface area contributed by atoms with Crippen LogP contribution in [0.5, 0.6) is 5.75 Å². The van der Waals surface area contributed by atoms with E-state index in [9.17, 15) is 0 Å². The molecule has 0 heterocycles. The van der Waals surface area contributed by atoms with Gasteiger partial charge in [-0.2, -0.15) is 0 Å². The highest BCUT2D eigenvalue weighted by Crippen LogP contribution is 2.27. The van der Waals surface area contributed by atoms with E-state index in [0.29, 0.717) is 12.5 Å². The summed E-state index contributed by atoms with van der Waals surface area (Å²) in [5.74, 6) is 1.45. The molecule has 1 aromatic rings. The summed E-state index contributed by atoms with van der Waals surface area (Å²) in [5.41, 5.74) is 8.13. The van der Waals surface area contributed by atoms with Crippen LogP contribution in [0.3, 0.4) is 0 Å². The maximum atomic E-state index is 5.55. The number of hydrogen-bond donors (Lipinski definition) is 1. The van der Waals surface area contributed by atoms with E-state index < -0.39 is 0 Å². The summed E-state index contributed by atoms with van der Waals surface area (Å²) < 4.78 is 5.38. The van der Waals surface area contributed by atoms with Gasteiger partial charge in [-0.15, -0.1) is 0 Å². The molecule has 0 saturated carbocycles. The van der Waals surface area contributed by atoms with Crippen molar-refractivity contribution in [2.24, 2.45) is 5.73 Å². The van der Waals surface area contributed by atoms with Crippen molar-refractivity contribution < 1.29 is 4.74 Å². The van der Waals surface area contributed by atoms with E-state index in [-0.39, 0.29) is 0 Å². The Morgan fingerprint density at radius 1 is 1.35 bits per heavy atom. The molecule has 0 bridgehead atoms. The maximum absolute atomic E-state index is 5.55. The molecular formula is C14H24N2O. The molecule has 17 heavy (non-hydrogen) atoms. The molecule has 3 nitrogen and oxygen atoms in total. The van der Waals surface area contributed by atoms with Crippen LogP contribution in [-0.2, 0) is 6.54 Å².